The molecule has 0 spiro atoms. The second-order valence-corrected chi connectivity index (χ2v) is 6.55. The molecule has 100 valence electrons. The van der Waals surface area contributed by atoms with Crippen molar-refractivity contribution < 1.29 is 0 Å². The zero-order valence-corrected chi connectivity index (χ0v) is 12.6. The van der Waals surface area contributed by atoms with Crippen LogP contribution in [0.4, 0.5) is 0 Å². The summed E-state index contributed by atoms with van der Waals surface area (Å²) in [6.45, 7) is 7.78. The van der Waals surface area contributed by atoms with Crippen molar-refractivity contribution in [3.63, 3.8) is 0 Å². The smallest absolute Gasteiger partial charge is 0.0356 e. The van der Waals surface area contributed by atoms with Gasteiger partial charge in [0, 0.05) is 6.04 Å². The van der Waals surface area contributed by atoms with E-state index in [0.29, 0.717) is 6.04 Å². The molecule has 1 aromatic rings. The van der Waals surface area contributed by atoms with Gasteiger partial charge in [-0.2, -0.15) is 11.8 Å². The predicted molar refractivity (Wildman–Crippen MR) is 82.4 cm³/mol. The lowest BCUT2D eigenvalue weighted by molar-refractivity contribution is 0.393. The number of rotatable bonds is 5. The molecule has 1 N–H and O–H groups in total. The Labute approximate surface area is 116 Å². The first-order valence-corrected chi connectivity index (χ1v) is 8.26. The van der Waals surface area contributed by atoms with Gasteiger partial charge in [-0.15, -0.1) is 0 Å². The van der Waals surface area contributed by atoms with Crippen molar-refractivity contribution in [3.8, 4) is 0 Å². The lowest BCUT2D eigenvalue weighted by Crippen LogP contribution is -2.29. The van der Waals surface area contributed by atoms with Crippen molar-refractivity contribution in [3.05, 3.63) is 34.9 Å². The Morgan fingerprint density at radius 1 is 1.33 bits per heavy atom. The van der Waals surface area contributed by atoms with Crippen LogP contribution in [0.1, 0.15) is 42.5 Å². The van der Waals surface area contributed by atoms with Crippen LogP contribution in [0.5, 0.6) is 0 Å². The zero-order valence-electron chi connectivity index (χ0n) is 11.8. The minimum atomic E-state index is 0.555. The number of thioether (sulfide) groups is 1. The number of hydrogen-bond acceptors (Lipinski definition) is 2. The molecule has 2 heteroatoms. The number of hydrogen-bond donors (Lipinski definition) is 1. The molecule has 1 heterocycles. The van der Waals surface area contributed by atoms with E-state index in [1.165, 1.54) is 41.0 Å². The molecule has 1 aromatic carbocycles. The molecule has 1 aliphatic rings. The monoisotopic (exact) mass is 263 g/mol. The second kappa shape index (κ2) is 6.63. The summed E-state index contributed by atoms with van der Waals surface area (Å²) in [5, 5.41) is 3.76. The highest BCUT2D eigenvalue weighted by molar-refractivity contribution is 7.99. The van der Waals surface area contributed by atoms with Gasteiger partial charge in [-0.3, -0.25) is 0 Å². The molecular formula is C16H25NS. The van der Waals surface area contributed by atoms with Gasteiger partial charge in [0.05, 0.1) is 0 Å². The largest absolute Gasteiger partial charge is 0.310 e. The Balaban J connectivity index is 2.17. The normalized spacial score (nSPS) is 21.2. The highest BCUT2D eigenvalue weighted by Gasteiger charge is 2.26. The van der Waals surface area contributed by atoms with Crippen LogP contribution in [-0.2, 0) is 0 Å². The molecule has 1 nitrogen and oxygen atoms in total. The quantitative estimate of drug-likeness (QED) is 0.858. The fourth-order valence-corrected chi connectivity index (χ4v) is 3.93. The first-order valence-electron chi connectivity index (χ1n) is 7.10. The van der Waals surface area contributed by atoms with Crippen LogP contribution in [-0.4, -0.2) is 18.1 Å². The van der Waals surface area contributed by atoms with Gasteiger partial charge in [0.1, 0.15) is 0 Å². The highest BCUT2D eigenvalue weighted by atomic mass is 32.2. The summed E-state index contributed by atoms with van der Waals surface area (Å²) in [5.74, 6) is 3.46. The molecule has 0 radical (unpaired) electrons. The fraction of sp³-hybridized carbons (Fsp3) is 0.625. The van der Waals surface area contributed by atoms with Crippen molar-refractivity contribution in [1.82, 2.24) is 5.32 Å². The van der Waals surface area contributed by atoms with E-state index in [9.17, 15) is 0 Å². The minimum absolute atomic E-state index is 0.555. The van der Waals surface area contributed by atoms with Gasteiger partial charge in [-0.25, -0.2) is 0 Å². The van der Waals surface area contributed by atoms with Gasteiger partial charge >= 0.3 is 0 Å². The molecule has 2 unspecified atom stereocenters. The van der Waals surface area contributed by atoms with E-state index in [1.807, 2.05) is 0 Å². The predicted octanol–water partition coefficient (Wildman–Crippen LogP) is 4.10. The molecule has 0 aliphatic carbocycles. The van der Waals surface area contributed by atoms with Crippen LogP contribution in [0.15, 0.2) is 18.2 Å². The third-order valence-corrected chi connectivity index (χ3v) is 5.13. The van der Waals surface area contributed by atoms with Gasteiger partial charge in [0.25, 0.3) is 0 Å². The van der Waals surface area contributed by atoms with E-state index in [4.69, 9.17) is 0 Å². The van der Waals surface area contributed by atoms with E-state index in [-0.39, 0.29) is 0 Å². The van der Waals surface area contributed by atoms with Gasteiger partial charge < -0.3 is 5.32 Å². The molecule has 1 aliphatic heterocycles. The Morgan fingerprint density at radius 3 is 2.78 bits per heavy atom. The van der Waals surface area contributed by atoms with E-state index in [1.54, 1.807) is 0 Å². The number of aryl methyl sites for hydroxylation is 2. The molecule has 18 heavy (non-hydrogen) atoms. The number of benzene rings is 1. The summed E-state index contributed by atoms with van der Waals surface area (Å²) < 4.78 is 0. The molecule has 2 rings (SSSR count). The van der Waals surface area contributed by atoms with Crippen LogP contribution in [0.2, 0.25) is 0 Å². The van der Waals surface area contributed by atoms with Crippen LogP contribution in [0.25, 0.3) is 0 Å². The number of nitrogens with one attached hydrogen (secondary N) is 1. The van der Waals surface area contributed by atoms with Crippen molar-refractivity contribution >= 4 is 11.8 Å². The standard InChI is InChI=1S/C16H25NS/c1-4-8-17-16(15-7-9-18-11-15)14-6-5-12(2)13(3)10-14/h5-6,10,15-17H,4,7-9,11H2,1-3H3. The lowest BCUT2D eigenvalue weighted by Gasteiger charge is -2.25. The molecular weight excluding hydrogens is 238 g/mol. The van der Waals surface area contributed by atoms with Crippen LogP contribution >= 0.6 is 11.8 Å². The SMILES string of the molecule is CCCNC(c1ccc(C)c(C)c1)C1CCSC1. The average molecular weight is 263 g/mol. The molecule has 0 amide bonds. The van der Waals surface area contributed by atoms with Crippen molar-refractivity contribution in [2.24, 2.45) is 5.92 Å². The summed E-state index contributed by atoms with van der Waals surface area (Å²) in [5.41, 5.74) is 4.30. The van der Waals surface area contributed by atoms with Crippen molar-refractivity contribution in [2.45, 2.75) is 39.7 Å². The second-order valence-electron chi connectivity index (χ2n) is 5.40. The molecule has 0 saturated carbocycles. The van der Waals surface area contributed by atoms with Gasteiger partial charge in [-0.1, -0.05) is 25.1 Å². The van der Waals surface area contributed by atoms with Crippen LogP contribution in [0, 0.1) is 19.8 Å². The van der Waals surface area contributed by atoms with Crippen molar-refractivity contribution in [2.75, 3.05) is 18.1 Å². The first kappa shape index (κ1) is 14.0. The summed E-state index contributed by atoms with van der Waals surface area (Å²) >= 11 is 2.11. The summed E-state index contributed by atoms with van der Waals surface area (Å²) in [6.07, 6.45) is 2.57. The maximum Gasteiger partial charge on any atom is 0.0356 e. The fourth-order valence-electron chi connectivity index (χ4n) is 2.63. The Hall–Kier alpha value is -0.470. The molecule has 1 saturated heterocycles. The Morgan fingerprint density at radius 2 is 2.17 bits per heavy atom. The molecule has 0 bridgehead atoms. The molecule has 0 aromatic heterocycles. The van der Waals surface area contributed by atoms with Crippen molar-refractivity contribution in [1.29, 1.82) is 0 Å². The van der Waals surface area contributed by atoms with Gasteiger partial charge in [0.15, 0.2) is 0 Å². The van der Waals surface area contributed by atoms with E-state index in [0.717, 1.165) is 12.5 Å². The maximum absolute atomic E-state index is 3.76. The summed E-state index contributed by atoms with van der Waals surface area (Å²) in [4.78, 5) is 0. The topological polar surface area (TPSA) is 12.0 Å². The Kier molecular flexibility index (Phi) is 5.13. The third kappa shape index (κ3) is 3.30. The first-order chi connectivity index (χ1) is 8.72. The highest BCUT2D eigenvalue weighted by Crippen LogP contribution is 2.34. The molecule has 2 atom stereocenters. The minimum Gasteiger partial charge on any atom is -0.310 e. The summed E-state index contributed by atoms with van der Waals surface area (Å²) in [6, 6.07) is 7.52. The Bertz CT molecular complexity index is 383. The summed E-state index contributed by atoms with van der Waals surface area (Å²) in [7, 11) is 0. The van der Waals surface area contributed by atoms with Crippen LogP contribution < -0.4 is 5.32 Å². The van der Waals surface area contributed by atoms with Crippen LogP contribution in [0.3, 0.4) is 0 Å². The zero-order chi connectivity index (χ0) is 13.0. The van der Waals surface area contributed by atoms with E-state index >= 15 is 0 Å². The third-order valence-electron chi connectivity index (χ3n) is 3.94. The average Bonchev–Trinajstić information content (AvgIpc) is 2.88. The maximum atomic E-state index is 3.76. The molecule has 1 fully saturated rings. The van der Waals surface area contributed by atoms with Gasteiger partial charge in [-0.05, 0) is 67.3 Å². The lowest BCUT2D eigenvalue weighted by atomic mass is 9.90. The van der Waals surface area contributed by atoms with E-state index < -0.39 is 0 Å². The van der Waals surface area contributed by atoms with Gasteiger partial charge in [0.2, 0.25) is 0 Å². The van der Waals surface area contributed by atoms with E-state index in [2.05, 4.69) is 56.0 Å².